The lowest BCUT2D eigenvalue weighted by Crippen LogP contribution is -1.89. The van der Waals surface area contributed by atoms with Crippen LogP contribution in [0.1, 0.15) is 38.5 Å². The van der Waals surface area contributed by atoms with E-state index in [4.69, 9.17) is 9.47 Å². The van der Waals surface area contributed by atoms with Crippen LogP contribution in [-0.2, 0) is 9.47 Å². The number of hydrogen-bond acceptors (Lipinski definition) is 2. The molecule has 0 N–H and O–H groups in total. The molecule has 2 fully saturated rings. The Morgan fingerprint density at radius 3 is 1.08 bits per heavy atom. The second-order valence-corrected chi connectivity index (χ2v) is 3.35. The summed E-state index contributed by atoms with van der Waals surface area (Å²) in [7, 11) is 0. The molecule has 2 heteroatoms. The average molecular weight is 172 g/mol. The van der Waals surface area contributed by atoms with Crippen molar-refractivity contribution in [3.8, 4) is 0 Å². The highest BCUT2D eigenvalue weighted by Crippen LogP contribution is 2.04. The van der Waals surface area contributed by atoms with Crippen LogP contribution in [0.5, 0.6) is 0 Å². The first-order chi connectivity index (χ1) is 6.00. The van der Waals surface area contributed by atoms with Gasteiger partial charge in [0.05, 0.1) is 0 Å². The van der Waals surface area contributed by atoms with Crippen LogP contribution >= 0.6 is 0 Å². The van der Waals surface area contributed by atoms with E-state index in [0.717, 1.165) is 26.4 Å². The largest absolute Gasteiger partial charge is 0.381 e. The van der Waals surface area contributed by atoms with Gasteiger partial charge in [-0.05, 0) is 25.7 Å². The Morgan fingerprint density at radius 1 is 0.417 bits per heavy atom. The highest BCUT2D eigenvalue weighted by molar-refractivity contribution is 4.46. The van der Waals surface area contributed by atoms with E-state index in [-0.39, 0.29) is 0 Å². The number of ether oxygens (including phenoxy) is 2. The lowest BCUT2D eigenvalue weighted by Gasteiger charge is -1.91. The summed E-state index contributed by atoms with van der Waals surface area (Å²) in [6.45, 7) is 4.00. The molecule has 0 bridgehead atoms. The lowest BCUT2D eigenvalue weighted by atomic mass is 10.2. The Balaban J connectivity index is 0.000000127. The van der Waals surface area contributed by atoms with E-state index >= 15 is 0 Å². The molecule has 2 aliphatic rings. The maximum Gasteiger partial charge on any atom is 0.0466 e. The molecule has 72 valence electrons. The Morgan fingerprint density at radius 2 is 0.750 bits per heavy atom. The Kier molecular flexibility index (Phi) is 6.30. The van der Waals surface area contributed by atoms with E-state index in [0.29, 0.717) is 0 Å². The summed E-state index contributed by atoms with van der Waals surface area (Å²) in [5.74, 6) is 0. The van der Waals surface area contributed by atoms with Gasteiger partial charge in [0.1, 0.15) is 0 Å². The van der Waals surface area contributed by atoms with Crippen molar-refractivity contribution in [2.75, 3.05) is 26.4 Å². The van der Waals surface area contributed by atoms with Gasteiger partial charge in [-0.25, -0.2) is 0 Å². The smallest absolute Gasteiger partial charge is 0.0466 e. The average Bonchev–Trinajstić information content (AvgIpc) is 2.54. The first-order valence-corrected chi connectivity index (χ1v) is 5.15. The van der Waals surface area contributed by atoms with Crippen molar-refractivity contribution in [3.63, 3.8) is 0 Å². The van der Waals surface area contributed by atoms with Gasteiger partial charge in [0.2, 0.25) is 0 Å². The number of hydrogen-bond donors (Lipinski definition) is 0. The Hall–Kier alpha value is -0.0800. The third-order valence-electron chi connectivity index (χ3n) is 2.15. The summed E-state index contributed by atoms with van der Waals surface area (Å²) in [5, 5.41) is 0. The first-order valence-electron chi connectivity index (χ1n) is 5.15. The molecule has 0 atom stereocenters. The van der Waals surface area contributed by atoms with Crippen molar-refractivity contribution in [1.82, 2.24) is 0 Å². The minimum Gasteiger partial charge on any atom is -0.381 e. The minimum atomic E-state index is 1.00. The zero-order chi connectivity index (χ0) is 8.49. The fraction of sp³-hybridized carbons (Fsp3) is 1.00. The monoisotopic (exact) mass is 172 g/mol. The van der Waals surface area contributed by atoms with E-state index in [1.54, 1.807) is 0 Å². The Bertz CT molecular complexity index is 62.6. The molecule has 0 aromatic rings. The standard InChI is InChI=1S/C6H12O.C4H8O/c1-2-4-6-7-5-3-1;1-2-4-5-3-1/h1-6H2;1-4H2. The molecule has 12 heavy (non-hydrogen) atoms. The minimum absolute atomic E-state index is 1.00. The fourth-order valence-corrected chi connectivity index (χ4v) is 1.37. The van der Waals surface area contributed by atoms with Crippen LogP contribution in [0.25, 0.3) is 0 Å². The van der Waals surface area contributed by atoms with Crippen LogP contribution in [0.2, 0.25) is 0 Å². The van der Waals surface area contributed by atoms with Crippen LogP contribution in [0.15, 0.2) is 0 Å². The van der Waals surface area contributed by atoms with Crippen LogP contribution < -0.4 is 0 Å². The molecule has 0 saturated carbocycles. The van der Waals surface area contributed by atoms with Crippen LogP contribution in [-0.4, -0.2) is 26.4 Å². The molecule has 0 spiro atoms. The summed E-state index contributed by atoms with van der Waals surface area (Å²) in [5.41, 5.74) is 0. The quantitative estimate of drug-likeness (QED) is 0.558. The van der Waals surface area contributed by atoms with Crippen LogP contribution in [0.4, 0.5) is 0 Å². The van der Waals surface area contributed by atoms with E-state index in [1.807, 2.05) is 0 Å². The molecule has 2 saturated heterocycles. The SMILES string of the molecule is C1CCCOCC1.C1CCOC1. The predicted octanol–water partition coefficient (Wildman–Crippen LogP) is 2.37. The predicted molar refractivity (Wildman–Crippen MR) is 49.3 cm³/mol. The van der Waals surface area contributed by atoms with Gasteiger partial charge in [-0.3, -0.25) is 0 Å². The van der Waals surface area contributed by atoms with Gasteiger partial charge in [0, 0.05) is 26.4 Å². The Labute approximate surface area is 75.2 Å². The van der Waals surface area contributed by atoms with Crippen molar-refractivity contribution >= 4 is 0 Å². The van der Waals surface area contributed by atoms with Gasteiger partial charge in [-0.2, -0.15) is 0 Å². The van der Waals surface area contributed by atoms with E-state index in [9.17, 15) is 0 Å². The summed E-state index contributed by atoms with van der Waals surface area (Å²) in [6, 6.07) is 0. The molecule has 2 heterocycles. The summed E-state index contributed by atoms with van der Waals surface area (Å²) >= 11 is 0. The second kappa shape index (κ2) is 7.56. The van der Waals surface area contributed by atoms with Gasteiger partial charge in [-0.1, -0.05) is 12.8 Å². The maximum absolute atomic E-state index is 5.19. The van der Waals surface area contributed by atoms with Crippen molar-refractivity contribution in [3.05, 3.63) is 0 Å². The molecule has 0 unspecified atom stereocenters. The topological polar surface area (TPSA) is 18.5 Å². The van der Waals surface area contributed by atoms with E-state index in [2.05, 4.69) is 0 Å². The van der Waals surface area contributed by atoms with Gasteiger partial charge in [0.15, 0.2) is 0 Å². The van der Waals surface area contributed by atoms with E-state index < -0.39 is 0 Å². The van der Waals surface area contributed by atoms with Crippen molar-refractivity contribution in [1.29, 1.82) is 0 Å². The van der Waals surface area contributed by atoms with Gasteiger partial charge < -0.3 is 9.47 Å². The molecule has 2 nitrogen and oxygen atoms in total. The molecule has 0 aromatic heterocycles. The zero-order valence-electron chi connectivity index (χ0n) is 7.89. The summed E-state index contributed by atoms with van der Waals surface area (Å²) in [6.07, 6.45) is 7.86. The maximum atomic E-state index is 5.19. The highest BCUT2D eigenvalue weighted by atomic mass is 16.5. The van der Waals surface area contributed by atoms with Gasteiger partial charge in [0.25, 0.3) is 0 Å². The molecule has 0 radical (unpaired) electrons. The van der Waals surface area contributed by atoms with Crippen molar-refractivity contribution in [2.45, 2.75) is 38.5 Å². The molecular formula is C10H20O2. The summed E-state index contributed by atoms with van der Waals surface area (Å²) in [4.78, 5) is 0. The zero-order valence-corrected chi connectivity index (χ0v) is 7.89. The molecule has 2 aliphatic heterocycles. The van der Waals surface area contributed by atoms with E-state index in [1.165, 1.54) is 38.5 Å². The lowest BCUT2D eigenvalue weighted by molar-refractivity contribution is 0.144. The molecule has 0 aliphatic carbocycles. The van der Waals surface area contributed by atoms with Crippen LogP contribution in [0, 0.1) is 0 Å². The third-order valence-corrected chi connectivity index (χ3v) is 2.15. The molecule has 0 aromatic carbocycles. The first kappa shape index (κ1) is 10.0. The number of rotatable bonds is 0. The van der Waals surface area contributed by atoms with Gasteiger partial charge >= 0.3 is 0 Å². The van der Waals surface area contributed by atoms with Crippen molar-refractivity contribution < 1.29 is 9.47 Å². The third kappa shape index (κ3) is 5.56. The van der Waals surface area contributed by atoms with Crippen LogP contribution in [0.3, 0.4) is 0 Å². The fourth-order valence-electron chi connectivity index (χ4n) is 1.37. The molecular weight excluding hydrogens is 152 g/mol. The van der Waals surface area contributed by atoms with Gasteiger partial charge in [-0.15, -0.1) is 0 Å². The normalized spacial score (nSPS) is 24.0. The van der Waals surface area contributed by atoms with Crippen molar-refractivity contribution in [2.24, 2.45) is 0 Å². The molecule has 0 amide bonds. The highest BCUT2D eigenvalue weighted by Gasteiger charge is 1.95. The summed E-state index contributed by atoms with van der Waals surface area (Å²) < 4.78 is 10.1. The molecule has 2 rings (SSSR count). The second-order valence-electron chi connectivity index (χ2n) is 3.35.